The lowest BCUT2D eigenvalue weighted by atomic mass is 9.87. The van der Waals surface area contributed by atoms with Crippen molar-refractivity contribution >= 4 is 23.7 Å². The molecule has 3 rings (SSSR count). The van der Waals surface area contributed by atoms with Gasteiger partial charge in [0.05, 0.1) is 5.69 Å². The zero-order valence-electron chi connectivity index (χ0n) is 14.0. The van der Waals surface area contributed by atoms with Crippen molar-refractivity contribution in [2.75, 3.05) is 18.9 Å². The molecule has 7 heteroatoms. The highest BCUT2D eigenvalue weighted by Gasteiger charge is 2.41. The molecule has 0 bridgehead atoms. The number of carbonyl (C=O) groups excluding carboxylic acids is 2. The van der Waals surface area contributed by atoms with Crippen molar-refractivity contribution < 1.29 is 18.4 Å². The van der Waals surface area contributed by atoms with Crippen LogP contribution in [0.2, 0.25) is 0 Å². The summed E-state index contributed by atoms with van der Waals surface area (Å²) >= 11 is 0. The van der Waals surface area contributed by atoms with Gasteiger partial charge >= 0.3 is 0 Å². The van der Waals surface area contributed by atoms with Crippen molar-refractivity contribution in [3.63, 3.8) is 0 Å². The maximum atomic E-state index is 14.2. The summed E-state index contributed by atoms with van der Waals surface area (Å²) in [6, 6.07) is 10.2. The lowest BCUT2D eigenvalue weighted by Gasteiger charge is -2.17. The van der Waals surface area contributed by atoms with Gasteiger partial charge in [0, 0.05) is 31.3 Å². The van der Waals surface area contributed by atoms with Crippen LogP contribution in [0, 0.1) is 17.6 Å². The number of anilines is 1. The summed E-state index contributed by atoms with van der Waals surface area (Å²) in [6.07, 6.45) is 1.39. The Labute approximate surface area is 149 Å². The normalized spacial score (nSPS) is 19.6. The smallest absolute Gasteiger partial charge is 0.237 e. The summed E-state index contributed by atoms with van der Waals surface area (Å²) in [4.78, 5) is 28.5. The van der Waals surface area contributed by atoms with E-state index >= 15 is 0 Å². The number of nitrogens with one attached hydrogen (secondary N) is 2. The average Bonchev–Trinajstić information content (AvgIpc) is 3.00. The summed E-state index contributed by atoms with van der Waals surface area (Å²) in [5, 5.41) is 5.06. The Morgan fingerprint density at radius 2 is 2.00 bits per heavy atom. The van der Waals surface area contributed by atoms with E-state index < -0.39 is 35.3 Å². The van der Waals surface area contributed by atoms with Gasteiger partial charge in [-0.15, -0.1) is 0 Å². The fraction of sp³-hybridized carbons (Fsp3) is 0.211. The van der Waals surface area contributed by atoms with E-state index in [0.29, 0.717) is 11.1 Å². The summed E-state index contributed by atoms with van der Waals surface area (Å²) in [6.45, 7) is 0.203. The Morgan fingerprint density at radius 3 is 2.69 bits per heavy atom. The third-order valence-corrected chi connectivity index (χ3v) is 4.32. The van der Waals surface area contributed by atoms with Crippen molar-refractivity contribution in [1.82, 2.24) is 5.32 Å². The van der Waals surface area contributed by atoms with Gasteiger partial charge in [0.2, 0.25) is 11.8 Å². The molecule has 1 aliphatic rings. The predicted octanol–water partition coefficient (Wildman–Crippen LogP) is 2.48. The number of carbonyl (C=O) groups is 2. The van der Waals surface area contributed by atoms with E-state index in [1.165, 1.54) is 37.5 Å². The lowest BCUT2D eigenvalue weighted by Crippen LogP contribution is -2.32. The van der Waals surface area contributed by atoms with Crippen LogP contribution in [0.1, 0.15) is 17.0 Å². The minimum Gasteiger partial charge on any atom is -0.355 e. The zero-order chi connectivity index (χ0) is 18.7. The Hall–Kier alpha value is -3.09. The van der Waals surface area contributed by atoms with Crippen LogP contribution in [-0.2, 0) is 9.59 Å². The number of rotatable bonds is 4. The highest BCUT2D eigenvalue weighted by molar-refractivity contribution is 6.08. The fourth-order valence-electron chi connectivity index (χ4n) is 3.02. The lowest BCUT2D eigenvalue weighted by molar-refractivity contribution is -0.130. The molecule has 1 heterocycles. The van der Waals surface area contributed by atoms with Gasteiger partial charge in [-0.1, -0.05) is 24.3 Å². The second-order valence-electron chi connectivity index (χ2n) is 5.97. The standard InChI is InChI=1S/C19H17F2N3O2/c1-22-9-12-7-6-11(8-15(12)21)13-10-23-18(25)17(13)19(26)24-16-5-3-2-4-14(16)20/h2-9,13,17H,10H2,1H3,(H,23,25)(H,24,26)/t13-,17-/m1/s1. The molecule has 1 fully saturated rings. The van der Waals surface area contributed by atoms with Crippen LogP contribution >= 0.6 is 0 Å². The SMILES string of the molecule is CN=Cc1ccc([C@H]2CNC(=O)[C@@H]2C(=O)Nc2ccccc2F)cc1F. The minimum atomic E-state index is -1.07. The zero-order valence-corrected chi connectivity index (χ0v) is 14.0. The van der Waals surface area contributed by atoms with Crippen molar-refractivity contribution in [1.29, 1.82) is 0 Å². The fourth-order valence-corrected chi connectivity index (χ4v) is 3.02. The van der Waals surface area contributed by atoms with Gasteiger partial charge in [-0.25, -0.2) is 8.78 Å². The number of para-hydroxylation sites is 1. The van der Waals surface area contributed by atoms with Gasteiger partial charge in [-0.2, -0.15) is 0 Å². The van der Waals surface area contributed by atoms with E-state index in [1.54, 1.807) is 18.2 Å². The molecule has 2 N–H and O–H groups in total. The number of halogens is 2. The van der Waals surface area contributed by atoms with E-state index in [2.05, 4.69) is 15.6 Å². The summed E-state index contributed by atoms with van der Waals surface area (Å²) < 4.78 is 27.9. The number of nitrogens with zero attached hydrogens (tertiary/aromatic N) is 1. The summed E-state index contributed by atoms with van der Waals surface area (Å²) in [7, 11) is 1.54. The molecule has 0 aliphatic carbocycles. The van der Waals surface area contributed by atoms with E-state index in [1.807, 2.05) is 0 Å². The van der Waals surface area contributed by atoms with Crippen LogP contribution in [0.4, 0.5) is 14.5 Å². The third-order valence-electron chi connectivity index (χ3n) is 4.32. The van der Waals surface area contributed by atoms with Crippen molar-refractivity contribution in [3.05, 3.63) is 65.2 Å². The van der Waals surface area contributed by atoms with Crippen molar-refractivity contribution in [3.8, 4) is 0 Å². The maximum Gasteiger partial charge on any atom is 0.237 e. The number of hydrogen-bond acceptors (Lipinski definition) is 3. The van der Waals surface area contributed by atoms with Gasteiger partial charge in [-0.3, -0.25) is 14.6 Å². The Kier molecular flexibility index (Phi) is 5.06. The van der Waals surface area contributed by atoms with Crippen molar-refractivity contribution in [2.45, 2.75) is 5.92 Å². The van der Waals surface area contributed by atoms with Crippen LogP contribution in [0.3, 0.4) is 0 Å². The quantitative estimate of drug-likeness (QED) is 0.652. The second-order valence-corrected chi connectivity index (χ2v) is 5.97. The Balaban J connectivity index is 1.86. The molecule has 1 saturated heterocycles. The topological polar surface area (TPSA) is 70.6 Å². The highest BCUT2D eigenvalue weighted by atomic mass is 19.1. The predicted molar refractivity (Wildman–Crippen MR) is 94.2 cm³/mol. The molecular formula is C19H17F2N3O2. The summed E-state index contributed by atoms with van der Waals surface area (Å²) in [5.74, 6) is -3.79. The third kappa shape index (κ3) is 3.46. The first kappa shape index (κ1) is 17.7. The first-order valence-electron chi connectivity index (χ1n) is 8.06. The minimum absolute atomic E-state index is 0.00311. The molecule has 0 unspecified atom stereocenters. The van der Waals surface area contributed by atoms with Gasteiger partial charge in [-0.05, 0) is 23.8 Å². The van der Waals surface area contributed by atoms with E-state index in [9.17, 15) is 18.4 Å². The molecule has 26 heavy (non-hydrogen) atoms. The monoisotopic (exact) mass is 357 g/mol. The molecule has 2 aromatic carbocycles. The molecule has 2 amide bonds. The maximum absolute atomic E-state index is 14.2. The van der Waals surface area contributed by atoms with Crippen molar-refractivity contribution in [2.24, 2.45) is 10.9 Å². The molecule has 5 nitrogen and oxygen atoms in total. The number of amides is 2. The molecule has 134 valence electrons. The molecule has 2 atom stereocenters. The van der Waals surface area contributed by atoms with Gasteiger partial charge in [0.15, 0.2) is 0 Å². The van der Waals surface area contributed by atoms with Crippen LogP contribution < -0.4 is 10.6 Å². The van der Waals surface area contributed by atoms with E-state index in [-0.39, 0.29) is 12.2 Å². The van der Waals surface area contributed by atoms with Crippen LogP contribution in [0.15, 0.2) is 47.5 Å². The first-order valence-corrected chi connectivity index (χ1v) is 8.06. The van der Waals surface area contributed by atoms with E-state index in [0.717, 1.165) is 0 Å². The van der Waals surface area contributed by atoms with E-state index in [4.69, 9.17) is 0 Å². The van der Waals surface area contributed by atoms with Crippen LogP contribution in [0.25, 0.3) is 0 Å². The highest BCUT2D eigenvalue weighted by Crippen LogP contribution is 2.31. The molecular weight excluding hydrogens is 340 g/mol. The Bertz CT molecular complexity index is 883. The van der Waals surface area contributed by atoms with Gasteiger partial charge < -0.3 is 10.6 Å². The second kappa shape index (κ2) is 7.43. The molecule has 1 aliphatic heterocycles. The molecule has 0 spiro atoms. The van der Waals surface area contributed by atoms with Crippen LogP contribution in [-0.4, -0.2) is 31.6 Å². The molecule has 0 aromatic heterocycles. The van der Waals surface area contributed by atoms with Gasteiger partial charge in [0.25, 0.3) is 0 Å². The Morgan fingerprint density at radius 1 is 1.23 bits per heavy atom. The average molecular weight is 357 g/mol. The van der Waals surface area contributed by atoms with Crippen LogP contribution in [0.5, 0.6) is 0 Å². The van der Waals surface area contributed by atoms with Gasteiger partial charge in [0.1, 0.15) is 17.6 Å². The summed E-state index contributed by atoms with van der Waals surface area (Å²) in [5.41, 5.74) is 0.834. The number of hydrogen-bond donors (Lipinski definition) is 2. The molecule has 2 aromatic rings. The number of aliphatic imine (C=N–C) groups is 1. The molecule has 0 radical (unpaired) electrons. The first-order chi connectivity index (χ1) is 12.5. The largest absolute Gasteiger partial charge is 0.355 e. The number of benzene rings is 2. The molecule has 0 saturated carbocycles.